The molecular formula is C48H60Cl2SiZr. The van der Waals surface area contributed by atoms with E-state index in [1.807, 2.05) is 11.1 Å². The van der Waals surface area contributed by atoms with Crippen LogP contribution in [0.4, 0.5) is 0 Å². The van der Waals surface area contributed by atoms with E-state index >= 15 is 0 Å². The van der Waals surface area contributed by atoms with E-state index in [0.717, 1.165) is 11.8 Å². The van der Waals surface area contributed by atoms with Gasteiger partial charge in [0.05, 0.1) is 0 Å². The fraction of sp³-hybridized carbons (Fsp3) is 0.417. The van der Waals surface area contributed by atoms with Gasteiger partial charge in [-0.2, -0.15) is 0 Å². The van der Waals surface area contributed by atoms with Crippen molar-refractivity contribution in [2.45, 2.75) is 107 Å². The Labute approximate surface area is 329 Å². The summed E-state index contributed by atoms with van der Waals surface area (Å²) in [5.41, 5.74) is 18.4. The Morgan fingerprint density at radius 3 is 1.33 bits per heavy atom. The van der Waals surface area contributed by atoms with Crippen molar-refractivity contribution in [3.63, 3.8) is 0 Å². The molecule has 0 N–H and O–H groups in total. The quantitative estimate of drug-likeness (QED) is 0.140. The van der Waals surface area contributed by atoms with E-state index in [1.165, 1.54) is 108 Å². The van der Waals surface area contributed by atoms with Gasteiger partial charge in [0.1, 0.15) is 0 Å². The van der Waals surface area contributed by atoms with Crippen molar-refractivity contribution < 1.29 is 17.4 Å². The number of benzene rings is 4. The van der Waals surface area contributed by atoms with E-state index < -0.39 is 17.4 Å². The third kappa shape index (κ3) is 7.26. The maximum absolute atomic E-state index is 3.86. The first-order valence-corrected chi connectivity index (χ1v) is 33.0. The van der Waals surface area contributed by atoms with E-state index in [0.29, 0.717) is 7.25 Å². The SMILES string of the molecule is CC[CH2][Zr]([CH3])(=[SiH2])([CH]1C(CC2CCCC2)=Cc2c(-c3ccc(C)cc3)cccc21)[CH]1C(CC2CCCC2)=Cc2c(-c3ccc(C)cc3)cccc21.Cl.Cl. The molecule has 0 bridgehead atoms. The third-order valence-corrected chi connectivity index (χ3v) is 37.2. The van der Waals surface area contributed by atoms with Crippen LogP contribution in [0.15, 0.2) is 96.1 Å². The van der Waals surface area contributed by atoms with Crippen LogP contribution >= 0.6 is 24.8 Å². The van der Waals surface area contributed by atoms with E-state index in [-0.39, 0.29) is 24.8 Å². The van der Waals surface area contributed by atoms with E-state index in [2.05, 4.69) is 129 Å². The molecule has 2 atom stereocenters. The number of halogens is 2. The minimum atomic E-state index is -3.86. The first kappa shape index (κ1) is 39.7. The topological polar surface area (TPSA) is 0 Å². The molecule has 4 aliphatic rings. The summed E-state index contributed by atoms with van der Waals surface area (Å²) >= 11 is -3.86. The summed E-state index contributed by atoms with van der Waals surface area (Å²) in [7, 11) is 0. The van der Waals surface area contributed by atoms with Crippen molar-refractivity contribution >= 4 is 43.8 Å². The minimum absolute atomic E-state index is 0. The van der Waals surface area contributed by atoms with Gasteiger partial charge in [-0.25, -0.2) is 0 Å². The predicted molar refractivity (Wildman–Crippen MR) is 232 cm³/mol. The maximum Gasteiger partial charge on any atom is -0.147 e. The molecule has 0 aromatic heterocycles. The molecule has 0 nitrogen and oxygen atoms in total. The summed E-state index contributed by atoms with van der Waals surface area (Å²) in [4.78, 5) is 0. The Balaban J connectivity index is 0.00000232. The van der Waals surface area contributed by atoms with Crippen molar-refractivity contribution in [2.24, 2.45) is 11.8 Å². The number of allylic oxidation sites excluding steroid dienone is 2. The van der Waals surface area contributed by atoms with Crippen LogP contribution in [-0.4, -0.2) is 6.88 Å². The Kier molecular flexibility index (Phi) is 12.2. The second kappa shape index (κ2) is 16.0. The van der Waals surface area contributed by atoms with Gasteiger partial charge in [0.2, 0.25) is 0 Å². The molecule has 0 amide bonds. The van der Waals surface area contributed by atoms with Crippen LogP contribution < -0.4 is 0 Å². The average Bonchev–Trinajstić information content (AvgIpc) is 3.93. The van der Waals surface area contributed by atoms with Crippen molar-refractivity contribution in [3.05, 3.63) is 129 Å². The number of aryl methyl sites for hydroxylation is 2. The average molecular weight is 827 g/mol. The molecule has 2 saturated carbocycles. The van der Waals surface area contributed by atoms with Crippen LogP contribution in [0.2, 0.25) is 8.76 Å². The Morgan fingerprint density at radius 1 is 0.577 bits per heavy atom. The fourth-order valence-electron chi connectivity index (χ4n) is 11.6. The smallest absolute Gasteiger partial charge is 0.147 e. The van der Waals surface area contributed by atoms with E-state index in [1.54, 1.807) is 22.3 Å². The zero-order chi connectivity index (χ0) is 34.5. The van der Waals surface area contributed by atoms with Gasteiger partial charge < -0.3 is 0 Å². The zero-order valence-electron chi connectivity index (χ0n) is 32.1. The first-order chi connectivity index (χ1) is 24.2. The van der Waals surface area contributed by atoms with Gasteiger partial charge in [0.25, 0.3) is 0 Å². The summed E-state index contributed by atoms with van der Waals surface area (Å²) in [6.07, 6.45) is 20.7. The molecule has 0 saturated heterocycles. The molecule has 0 radical (unpaired) electrons. The zero-order valence-corrected chi connectivity index (χ0v) is 37.6. The molecule has 2 unspecified atom stereocenters. The third-order valence-electron chi connectivity index (χ3n) is 13.7. The van der Waals surface area contributed by atoms with Gasteiger partial charge in [0, 0.05) is 0 Å². The van der Waals surface area contributed by atoms with Crippen LogP contribution in [0.5, 0.6) is 0 Å². The van der Waals surface area contributed by atoms with Gasteiger partial charge in [-0.3, -0.25) is 0 Å². The van der Waals surface area contributed by atoms with Gasteiger partial charge in [-0.1, -0.05) is 0 Å². The van der Waals surface area contributed by atoms with E-state index in [9.17, 15) is 0 Å². The molecule has 0 spiro atoms. The van der Waals surface area contributed by atoms with Crippen LogP contribution in [0, 0.1) is 25.7 Å². The number of fused-ring (bicyclic) bond motifs is 2. The Hall–Kier alpha value is -1.96. The van der Waals surface area contributed by atoms with Crippen LogP contribution in [0.25, 0.3) is 34.4 Å². The molecule has 0 heterocycles. The van der Waals surface area contributed by atoms with Gasteiger partial charge in [-0.15, -0.1) is 24.8 Å². The summed E-state index contributed by atoms with van der Waals surface area (Å²) in [6, 6.07) is 33.5. The second-order valence-electron chi connectivity index (χ2n) is 17.6. The summed E-state index contributed by atoms with van der Waals surface area (Å²) in [6.45, 7) is 9.55. The molecule has 4 heteroatoms. The van der Waals surface area contributed by atoms with Crippen molar-refractivity contribution in [1.82, 2.24) is 0 Å². The molecule has 52 heavy (non-hydrogen) atoms. The van der Waals surface area contributed by atoms with Gasteiger partial charge in [-0.05, 0) is 0 Å². The summed E-state index contributed by atoms with van der Waals surface area (Å²) < 4.78 is 5.58. The first-order valence-electron chi connectivity index (χ1n) is 20.1. The second-order valence-corrected chi connectivity index (χ2v) is 46.0. The molecule has 274 valence electrons. The summed E-state index contributed by atoms with van der Waals surface area (Å²) in [5, 5.41) is 0. The molecular weight excluding hydrogens is 767 g/mol. The molecule has 2 fully saturated rings. The van der Waals surface area contributed by atoms with Crippen LogP contribution in [-0.2, 0) is 17.4 Å². The van der Waals surface area contributed by atoms with Crippen LogP contribution in [0.3, 0.4) is 0 Å². The standard InChI is InChI=1S/2C22H23.C3H7.CH3.2ClH.H2Si.Zr/c2*1-16-9-11-19(12-10-16)21-8-4-7-20-14-18(15-22(20)21)13-17-5-2-3-6-17;1-3-2;;;;;/h2*4,7-12,14-15,17H,2-3,5-6,13H2,1H3;1,3H2,2H3;1H3;2*1H;1H2;. The van der Waals surface area contributed by atoms with Gasteiger partial charge in [0.15, 0.2) is 0 Å². The van der Waals surface area contributed by atoms with E-state index in [4.69, 9.17) is 0 Å². The molecule has 0 aliphatic heterocycles. The van der Waals surface area contributed by atoms with Crippen molar-refractivity contribution in [1.29, 1.82) is 0 Å². The number of hydrogen-bond acceptors (Lipinski definition) is 0. The predicted octanol–water partition coefficient (Wildman–Crippen LogP) is 14.3. The van der Waals surface area contributed by atoms with Crippen molar-refractivity contribution in [2.75, 3.05) is 0 Å². The number of hydrogen-bond donors (Lipinski definition) is 0. The monoisotopic (exact) mass is 824 g/mol. The molecule has 4 aromatic rings. The molecule has 8 rings (SSSR count). The van der Waals surface area contributed by atoms with Gasteiger partial charge >= 0.3 is 307 Å². The van der Waals surface area contributed by atoms with Crippen LogP contribution in [0.1, 0.15) is 118 Å². The minimum Gasteiger partial charge on any atom is -0.147 e. The van der Waals surface area contributed by atoms with Crippen molar-refractivity contribution in [3.8, 4) is 22.3 Å². The molecule has 4 aromatic carbocycles. The Bertz CT molecular complexity index is 1890. The normalized spacial score (nSPS) is 20.2. The largest absolute Gasteiger partial charge is 0.147 e. The Morgan fingerprint density at radius 2 is 0.962 bits per heavy atom. The summed E-state index contributed by atoms with van der Waals surface area (Å²) in [5.74, 6) is 1.70. The number of rotatable bonds is 10. The fourth-order valence-corrected chi connectivity index (χ4v) is 37.4. The molecule has 4 aliphatic carbocycles. The maximum atomic E-state index is 2.96.